The average molecular weight is 214 g/mol. The third kappa shape index (κ3) is 4.17. The molecule has 0 heterocycles. The van der Waals surface area contributed by atoms with Gasteiger partial charge in [-0.05, 0) is 6.42 Å². The van der Waals surface area contributed by atoms with E-state index in [2.05, 4.69) is 0 Å². The lowest BCUT2D eigenvalue weighted by Crippen LogP contribution is -2.43. The molecule has 0 radical (unpaired) electrons. The Morgan fingerprint density at radius 1 is 1.46 bits per heavy atom. The van der Waals surface area contributed by atoms with E-state index in [4.69, 9.17) is 11.6 Å². The highest BCUT2D eigenvalue weighted by Gasteiger charge is 2.22. The Bertz CT molecular complexity index is 199. The van der Waals surface area contributed by atoms with Gasteiger partial charge in [0.1, 0.15) is 0 Å². The predicted molar refractivity (Wildman–Crippen MR) is 44.0 cm³/mol. The first kappa shape index (κ1) is 12.3. The monoisotopic (exact) mass is 213 g/mol. The van der Waals surface area contributed by atoms with Crippen LogP contribution in [0.3, 0.4) is 0 Å². The van der Waals surface area contributed by atoms with E-state index in [1.807, 2.05) is 5.32 Å². The Labute approximate surface area is 79.4 Å². The molecule has 76 valence electrons. The van der Waals surface area contributed by atoms with Crippen LogP contribution in [0.15, 0.2) is 0 Å². The molecule has 0 spiro atoms. The number of alkyl halides is 3. The summed E-state index contributed by atoms with van der Waals surface area (Å²) in [6.07, 6.45) is -2.85. The van der Waals surface area contributed by atoms with Gasteiger partial charge in [0, 0.05) is 0 Å². The molecule has 1 amide bonds. The van der Waals surface area contributed by atoms with Crippen molar-refractivity contribution in [3.63, 3.8) is 0 Å². The molecule has 0 bridgehead atoms. The van der Waals surface area contributed by atoms with Crippen LogP contribution in [0.25, 0.3) is 0 Å². The molecule has 1 N–H and O–H groups in total. The van der Waals surface area contributed by atoms with Gasteiger partial charge in [-0.2, -0.15) is 8.78 Å². The fourth-order valence-electron chi connectivity index (χ4n) is 0.738. The van der Waals surface area contributed by atoms with E-state index in [0.29, 0.717) is 0 Å². The fourth-order valence-corrected chi connectivity index (χ4v) is 0.924. The Balaban J connectivity index is 4.13. The topological polar surface area (TPSA) is 46.2 Å². The standard InChI is InChI=1S/C7H10ClF2NO2/c1-2-4(5(12)3-8)11-7(13)6(9)10/h4,6H,2-3H2,1H3,(H,11,13). The van der Waals surface area contributed by atoms with Crippen LogP contribution < -0.4 is 5.32 Å². The minimum Gasteiger partial charge on any atom is -0.341 e. The van der Waals surface area contributed by atoms with Gasteiger partial charge in [-0.1, -0.05) is 6.92 Å². The summed E-state index contributed by atoms with van der Waals surface area (Å²) in [6, 6.07) is -0.904. The number of nitrogens with one attached hydrogen (secondary N) is 1. The van der Waals surface area contributed by atoms with Gasteiger partial charge in [-0.3, -0.25) is 9.59 Å². The maximum absolute atomic E-state index is 11.7. The van der Waals surface area contributed by atoms with Crippen LogP contribution in [0.5, 0.6) is 0 Å². The molecule has 0 fully saturated rings. The first-order chi connectivity index (χ1) is 6.02. The molecule has 1 atom stereocenters. The molecule has 13 heavy (non-hydrogen) atoms. The molecule has 0 aromatic carbocycles. The van der Waals surface area contributed by atoms with E-state index in [0.717, 1.165) is 0 Å². The summed E-state index contributed by atoms with van der Waals surface area (Å²) in [5.41, 5.74) is 0. The normalized spacial score (nSPS) is 12.7. The summed E-state index contributed by atoms with van der Waals surface area (Å²) < 4.78 is 23.5. The van der Waals surface area contributed by atoms with Gasteiger partial charge in [0.2, 0.25) is 0 Å². The van der Waals surface area contributed by atoms with Crippen molar-refractivity contribution in [2.75, 3.05) is 5.88 Å². The summed E-state index contributed by atoms with van der Waals surface area (Å²) in [7, 11) is 0. The smallest absolute Gasteiger partial charge is 0.315 e. The second kappa shape index (κ2) is 5.85. The molecule has 0 aliphatic carbocycles. The number of Topliss-reactive ketones (excluding diaryl/α,β-unsaturated/α-hetero) is 1. The number of halogens is 3. The van der Waals surface area contributed by atoms with Gasteiger partial charge >= 0.3 is 6.43 Å². The van der Waals surface area contributed by atoms with E-state index in [-0.39, 0.29) is 12.3 Å². The van der Waals surface area contributed by atoms with Crippen LogP contribution in [-0.4, -0.2) is 30.0 Å². The maximum Gasteiger partial charge on any atom is 0.315 e. The lowest BCUT2D eigenvalue weighted by molar-refractivity contribution is -0.134. The number of ketones is 1. The molecule has 1 unspecified atom stereocenters. The highest BCUT2D eigenvalue weighted by molar-refractivity contribution is 6.28. The largest absolute Gasteiger partial charge is 0.341 e. The molecular formula is C7H10ClF2NO2. The molecule has 0 rings (SSSR count). The Hall–Kier alpha value is -0.710. The van der Waals surface area contributed by atoms with Gasteiger partial charge in [0.15, 0.2) is 5.78 Å². The van der Waals surface area contributed by atoms with Crippen molar-refractivity contribution in [3.8, 4) is 0 Å². The van der Waals surface area contributed by atoms with Gasteiger partial charge in [-0.25, -0.2) is 0 Å². The highest BCUT2D eigenvalue weighted by atomic mass is 35.5. The van der Waals surface area contributed by atoms with Crippen LogP contribution in [-0.2, 0) is 9.59 Å². The maximum atomic E-state index is 11.7. The predicted octanol–water partition coefficient (Wildman–Crippen LogP) is 0.954. The van der Waals surface area contributed by atoms with Crippen molar-refractivity contribution in [2.45, 2.75) is 25.8 Å². The number of carbonyl (C=O) groups is 2. The van der Waals surface area contributed by atoms with E-state index in [9.17, 15) is 18.4 Å². The van der Waals surface area contributed by atoms with Crippen molar-refractivity contribution in [2.24, 2.45) is 0 Å². The molecule has 6 heteroatoms. The van der Waals surface area contributed by atoms with Gasteiger partial charge < -0.3 is 5.32 Å². The van der Waals surface area contributed by atoms with Crippen molar-refractivity contribution in [1.82, 2.24) is 5.32 Å². The number of rotatable bonds is 5. The van der Waals surface area contributed by atoms with Crippen LogP contribution >= 0.6 is 11.6 Å². The Morgan fingerprint density at radius 2 is 2.00 bits per heavy atom. The zero-order valence-corrected chi connectivity index (χ0v) is 7.78. The third-order valence-electron chi connectivity index (χ3n) is 1.44. The van der Waals surface area contributed by atoms with Crippen LogP contribution in [0.2, 0.25) is 0 Å². The lowest BCUT2D eigenvalue weighted by atomic mass is 10.1. The molecular weight excluding hydrogens is 204 g/mol. The Morgan fingerprint density at radius 3 is 2.31 bits per heavy atom. The molecule has 0 saturated carbocycles. The minimum atomic E-state index is -3.10. The number of carbonyl (C=O) groups excluding carboxylic acids is 2. The minimum absolute atomic E-state index is 0.254. The third-order valence-corrected chi connectivity index (χ3v) is 1.71. The number of hydrogen-bond acceptors (Lipinski definition) is 2. The molecule has 0 aromatic rings. The molecule has 0 aliphatic heterocycles. The van der Waals surface area contributed by atoms with Crippen LogP contribution in [0.4, 0.5) is 8.78 Å². The zero-order valence-electron chi connectivity index (χ0n) is 7.02. The molecule has 0 saturated heterocycles. The van der Waals surface area contributed by atoms with E-state index < -0.39 is 24.2 Å². The first-order valence-corrected chi connectivity index (χ1v) is 4.23. The summed E-state index contributed by atoms with van der Waals surface area (Å²) in [4.78, 5) is 21.4. The summed E-state index contributed by atoms with van der Waals surface area (Å²) in [5, 5.41) is 1.89. The number of hydrogen-bond donors (Lipinski definition) is 1. The molecule has 3 nitrogen and oxygen atoms in total. The summed E-state index contributed by atoms with van der Waals surface area (Å²) in [6.45, 7) is 1.60. The van der Waals surface area contributed by atoms with Crippen molar-refractivity contribution in [1.29, 1.82) is 0 Å². The van der Waals surface area contributed by atoms with Crippen LogP contribution in [0.1, 0.15) is 13.3 Å². The molecule has 0 aromatic heterocycles. The fraction of sp³-hybridized carbons (Fsp3) is 0.714. The van der Waals surface area contributed by atoms with Crippen molar-refractivity contribution in [3.05, 3.63) is 0 Å². The average Bonchev–Trinajstić information content (AvgIpc) is 2.12. The van der Waals surface area contributed by atoms with Crippen molar-refractivity contribution < 1.29 is 18.4 Å². The zero-order chi connectivity index (χ0) is 10.4. The Kier molecular flexibility index (Phi) is 5.53. The lowest BCUT2D eigenvalue weighted by Gasteiger charge is -2.13. The van der Waals surface area contributed by atoms with Gasteiger partial charge in [0.05, 0.1) is 11.9 Å². The quantitative estimate of drug-likeness (QED) is 0.692. The van der Waals surface area contributed by atoms with E-state index >= 15 is 0 Å². The SMILES string of the molecule is CCC(NC(=O)C(F)F)C(=O)CCl. The van der Waals surface area contributed by atoms with Crippen LogP contribution in [0, 0.1) is 0 Å². The highest BCUT2D eigenvalue weighted by Crippen LogP contribution is 1.98. The van der Waals surface area contributed by atoms with E-state index in [1.54, 1.807) is 6.92 Å². The van der Waals surface area contributed by atoms with Gasteiger partial charge in [0.25, 0.3) is 5.91 Å². The second-order valence-electron chi connectivity index (χ2n) is 2.37. The van der Waals surface area contributed by atoms with E-state index in [1.165, 1.54) is 0 Å². The second-order valence-corrected chi connectivity index (χ2v) is 2.64. The van der Waals surface area contributed by atoms with Gasteiger partial charge in [-0.15, -0.1) is 11.6 Å². The summed E-state index contributed by atoms with van der Waals surface area (Å²) >= 11 is 5.20. The van der Waals surface area contributed by atoms with Crippen molar-refractivity contribution >= 4 is 23.3 Å². The first-order valence-electron chi connectivity index (χ1n) is 3.70. The molecule has 0 aliphatic rings. The summed E-state index contributed by atoms with van der Waals surface area (Å²) in [5.74, 6) is -2.19. The number of amides is 1.